The van der Waals surface area contributed by atoms with E-state index < -0.39 is 0 Å². The van der Waals surface area contributed by atoms with Crippen molar-refractivity contribution in [3.63, 3.8) is 0 Å². The third-order valence-electron chi connectivity index (χ3n) is 2.98. The van der Waals surface area contributed by atoms with Crippen LogP contribution in [0.15, 0.2) is 47.3 Å². The predicted octanol–water partition coefficient (Wildman–Crippen LogP) is 2.47. The van der Waals surface area contributed by atoms with Crippen LogP contribution in [-0.4, -0.2) is 15.1 Å². The maximum absolute atomic E-state index is 5.77. The summed E-state index contributed by atoms with van der Waals surface area (Å²) in [6.07, 6.45) is 3.23. The summed E-state index contributed by atoms with van der Waals surface area (Å²) < 4.78 is 4.82. The van der Waals surface area contributed by atoms with Gasteiger partial charge in [0.2, 0.25) is 0 Å². The van der Waals surface area contributed by atoms with E-state index in [1.807, 2.05) is 24.3 Å². The van der Waals surface area contributed by atoms with E-state index in [-0.39, 0.29) is 0 Å². The monoisotopic (exact) mass is 284 g/mol. The zero-order valence-corrected chi connectivity index (χ0v) is 11.4. The Labute approximate surface area is 120 Å². The molecule has 3 aromatic rings. The number of anilines is 1. The van der Waals surface area contributed by atoms with Crippen LogP contribution in [-0.2, 0) is 6.54 Å². The Morgan fingerprint density at radius 3 is 2.90 bits per heavy atom. The molecule has 0 aliphatic rings. The Morgan fingerprint density at radius 1 is 1.30 bits per heavy atom. The number of hydrogen-bond donors (Lipinski definition) is 2. The highest BCUT2D eigenvalue weighted by molar-refractivity contribution is 7.80. The average Bonchev–Trinajstić information content (AvgIpc) is 2.97. The number of rotatable bonds is 4. The molecule has 0 radical (unpaired) electrons. The van der Waals surface area contributed by atoms with Crippen LogP contribution in [0.25, 0.3) is 10.9 Å². The van der Waals surface area contributed by atoms with Gasteiger partial charge in [0, 0.05) is 17.6 Å². The number of fused-ring (bicyclic) bond motifs is 1. The van der Waals surface area contributed by atoms with Crippen molar-refractivity contribution in [1.82, 2.24) is 10.1 Å². The average molecular weight is 284 g/mol. The van der Waals surface area contributed by atoms with Crippen LogP contribution < -0.4 is 11.1 Å². The van der Waals surface area contributed by atoms with Crippen LogP contribution >= 0.6 is 12.2 Å². The lowest BCUT2D eigenvalue weighted by molar-refractivity contribution is 0.412. The molecule has 0 spiro atoms. The molecule has 0 bridgehead atoms. The van der Waals surface area contributed by atoms with Crippen molar-refractivity contribution in [2.45, 2.75) is 6.54 Å². The van der Waals surface area contributed by atoms with Crippen molar-refractivity contribution in [2.24, 2.45) is 5.73 Å². The number of thiocarbonyl (C=S) groups is 1. The van der Waals surface area contributed by atoms with E-state index in [1.165, 1.54) is 6.26 Å². The van der Waals surface area contributed by atoms with Crippen molar-refractivity contribution >= 4 is 33.8 Å². The van der Waals surface area contributed by atoms with Crippen LogP contribution in [0.3, 0.4) is 0 Å². The van der Waals surface area contributed by atoms with Gasteiger partial charge in [-0.05, 0) is 6.07 Å². The number of nitrogens with one attached hydrogen (secondary N) is 1. The van der Waals surface area contributed by atoms with E-state index in [4.69, 9.17) is 22.5 Å². The Balaban J connectivity index is 2.05. The summed E-state index contributed by atoms with van der Waals surface area (Å²) in [6, 6.07) is 9.62. The van der Waals surface area contributed by atoms with Gasteiger partial charge < -0.3 is 15.6 Å². The second-order valence-corrected chi connectivity index (χ2v) is 4.71. The van der Waals surface area contributed by atoms with Crippen LogP contribution in [0.1, 0.15) is 11.3 Å². The zero-order valence-electron chi connectivity index (χ0n) is 10.5. The van der Waals surface area contributed by atoms with Crippen LogP contribution in [0, 0.1) is 0 Å². The lowest BCUT2D eigenvalue weighted by atomic mass is 10.1. The number of nitrogens with zero attached hydrogens (tertiary/aromatic N) is 2. The summed E-state index contributed by atoms with van der Waals surface area (Å²) in [5.74, 6) is 0. The van der Waals surface area contributed by atoms with Gasteiger partial charge in [0.25, 0.3) is 0 Å². The fourth-order valence-corrected chi connectivity index (χ4v) is 2.18. The van der Waals surface area contributed by atoms with E-state index in [2.05, 4.69) is 15.5 Å². The largest absolute Gasteiger partial charge is 0.389 e. The molecule has 5 nitrogen and oxygen atoms in total. The highest BCUT2D eigenvalue weighted by Gasteiger charge is 2.11. The highest BCUT2D eigenvalue weighted by Crippen LogP contribution is 2.26. The second kappa shape index (κ2) is 5.26. The van der Waals surface area contributed by atoms with Crippen molar-refractivity contribution in [2.75, 3.05) is 5.32 Å². The molecule has 0 unspecified atom stereocenters. The summed E-state index contributed by atoms with van der Waals surface area (Å²) in [5, 5.41) is 8.15. The summed E-state index contributed by atoms with van der Waals surface area (Å²) in [7, 11) is 0. The van der Waals surface area contributed by atoms with Crippen molar-refractivity contribution < 1.29 is 4.52 Å². The fraction of sp³-hybridized carbons (Fsp3) is 0.0714. The molecule has 2 aromatic heterocycles. The molecular formula is C14H12N4OS. The third kappa shape index (κ3) is 2.33. The summed E-state index contributed by atoms with van der Waals surface area (Å²) in [5.41, 5.74) is 9.05. The molecule has 3 rings (SSSR count). The summed E-state index contributed by atoms with van der Waals surface area (Å²) in [4.78, 5) is 4.68. The maximum atomic E-state index is 5.77. The second-order valence-electron chi connectivity index (χ2n) is 4.27. The standard InChI is InChI=1S/C14H12N4OS/c15-14(20)11-8-16-12-4-2-1-3-10(12)13(11)17-7-9-5-6-19-18-9/h1-6,8H,7H2,(H2,15,20)(H,16,17). The quantitative estimate of drug-likeness (QED) is 0.717. The van der Waals surface area contributed by atoms with Gasteiger partial charge in [0.05, 0.1) is 23.3 Å². The van der Waals surface area contributed by atoms with Gasteiger partial charge in [-0.1, -0.05) is 35.6 Å². The van der Waals surface area contributed by atoms with Gasteiger partial charge in [-0.3, -0.25) is 4.98 Å². The molecular weight excluding hydrogens is 272 g/mol. The van der Waals surface area contributed by atoms with Crippen molar-refractivity contribution in [1.29, 1.82) is 0 Å². The lowest BCUT2D eigenvalue weighted by Crippen LogP contribution is -2.14. The molecule has 0 atom stereocenters. The summed E-state index contributed by atoms with van der Waals surface area (Å²) in [6.45, 7) is 0.528. The smallest absolute Gasteiger partial charge is 0.124 e. The van der Waals surface area contributed by atoms with Crippen LogP contribution in [0.5, 0.6) is 0 Å². The Kier molecular flexibility index (Phi) is 3.30. The van der Waals surface area contributed by atoms with Gasteiger partial charge in [0.1, 0.15) is 16.9 Å². The first-order chi connectivity index (χ1) is 9.75. The minimum absolute atomic E-state index is 0.311. The molecule has 0 fully saturated rings. The third-order valence-corrected chi connectivity index (χ3v) is 3.20. The van der Waals surface area contributed by atoms with E-state index in [9.17, 15) is 0 Å². The maximum Gasteiger partial charge on any atom is 0.124 e. The van der Waals surface area contributed by atoms with Gasteiger partial charge in [0.15, 0.2) is 0 Å². The molecule has 0 amide bonds. The first-order valence-electron chi connectivity index (χ1n) is 6.06. The van der Waals surface area contributed by atoms with E-state index in [0.717, 1.165) is 27.8 Å². The molecule has 100 valence electrons. The fourth-order valence-electron chi connectivity index (χ4n) is 2.03. The minimum Gasteiger partial charge on any atom is -0.389 e. The molecule has 0 saturated carbocycles. The van der Waals surface area contributed by atoms with Gasteiger partial charge in [-0.25, -0.2) is 0 Å². The normalized spacial score (nSPS) is 10.6. The topological polar surface area (TPSA) is 77.0 Å². The molecule has 1 aromatic carbocycles. The van der Waals surface area contributed by atoms with E-state index in [0.29, 0.717) is 11.5 Å². The molecule has 0 aliphatic heterocycles. The molecule has 2 heterocycles. The molecule has 0 aliphatic carbocycles. The van der Waals surface area contributed by atoms with Gasteiger partial charge >= 0.3 is 0 Å². The minimum atomic E-state index is 0.311. The molecule has 3 N–H and O–H groups in total. The van der Waals surface area contributed by atoms with E-state index >= 15 is 0 Å². The number of pyridine rings is 1. The number of hydrogen-bond acceptors (Lipinski definition) is 5. The van der Waals surface area contributed by atoms with Gasteiger partial charge in [-0.2, -0.15) is 0 Å². The lowest BCUT2D eigenvalue weighted by Gasteiger charge is -2.13. The highest BCUT2D eigenvalue weighted by atomic mass is 32.1. The number of aromatic nitrogens is 2. The Morgan fingerprint density at radius 2 is 2.15 bits per heavy atom. The molecule has 6 heteroatoms. The van der Waals surface area contributed by atoms with Crippen LogP contribution in [0.4, 0.5) is 5.69 Å². The zero-order chi connectivity index (χ0) is 13.9. The first kappa shape index (κ1) is 12.6. The Hall–Kier alpha value is -2.47. The molecule has 20 heavy (non-hydrogen) atoms. The Bertz CT molecular complexity index is 755. The predicted molar refractivity (Wildman–Crippen MR) is 81.5 cm³/mol. The molecule has 0 saturated heterocycles. The van der Waals surface area contributed by atoms with Gasteiger partial charge in [-0.15, -0.1) is 0 Å². The number of benzene rings is 1. The SMILES string of the molecule is NC(=S)c1cnc2ccccc2c1NCc1ccon1. The van der Waals surface area contributed by atoms with Crippen molar-refractivity contribution in [3.8, 4) is 0 Å². The first-order valence-corrected chi connectivity index (χ1v) is 6.47. The van der Waals surface area contributed by atoms with Crippen LogP contribution in [0.2, 0.25) is 0 Å². The van der Waals surface area contributed by atoms with E-state index in [1.54, 1.807) is 12.3 Å². The summed E-state index contributed by atoms with van der Waals surface area (Å²) >= 11 is 5.09. The van der Waals surface area contributed by atoms with Crippen molar-refractivity contribution in [3.05, 3.63) is 54.0 Å². The number of nitrogens with two attached hydrogens (primary N) is 1. The number of para-hydroxylation sites is 1.